The largest absolute Gasteiger partial charge is 0.481 e. The van der Waals surface area contributed by atoms with Gasteiger partial charge in [-0.3, -0.25) is 14.9 Å². The lowest BCUT2D eigenvalue weighted by Gasteiger charge is -2.02. The zero-order chi connectivity index (χ0) is 13.8. The number of nitrogens with zero attached hydrogens (tertiary/aromatic N) is 2. The number of hydrogen-bond acceptors (Lipinski definition) is 5. The molecule has 0 spiro atoms. The van der Waals surface area contributed by atoms with Gasteiger partial charge >= 0.3 is 5.97 Å². The zero-order valence-corrected chi connectivity index (χ0v) is 11.0. The fourth-order valence-electron chi connectivity index (χ4n) is 1.32. The monoisotopic (exact) mass is 297 g/mol. The highest BCUT2D eigenvalue weighted by Gasteiger charge is 2.13. The third-order valence-corrected chi connectivity index (χ3v) is 3.22. The van der Waals surface area contributed by atoms with Gasteiger partial charge in [0.2, 0.25) is 0 Å². The Balaban J connectivity index is 2.09. The molecule has 6 nitrogen and oxygen atoms in total. The van der Waals surface area contributed by atoms with Crippen LogP contribution < -0.4 is 5.32 Å². The van der Waals surface area contributed by atoms with Crippen molar-refractivity contribution in [2.45, 2.75) is 6.42 Å². The van der Waals surface area contributed by atoms with Gasteiger partial charge in [0.05, 0.1) is 17.7 Å². The molecule has 1 amide bonds. The van der Waals surface area contributed by atoms with E-state index >= 15 is 0 Å². The molecule has 8 heteroatoms. The minimum atomic E-state index is -0.974. The number of aromatic nitrogens is 2. The van der Waals surface area contributed by atoms with Crippen LogP contribution in [0, 0.1) is 0 Å². The first kappa shape index (κ1) is 13.4. The van der Waals surface area contributed by atoms with Crippen LogP contribution in [0.1, 0.15) is 16.1 Å². The van der Waals surface area contributed by atoms with Gasteiger partial charge in [0.25, 0.3) is 5.91 Å². The second kappa shape index (κ2) is 5.77. The Bertz CT molecular complexity index is 629. The number of carbonyl (C=O) groups excluding carboxylic acids is 1. The molecule has 0 aliphatic carbocycles. The SMILES string of the molecule is O=C(O)Cc1csc(NC(=O)c2cccnc2Cl)n1. The van der Waals surface area contributed by atoms with Gasteiger partial charge in [-0.1, -0.05) is 11.6 Å². The number of amides is 1. The van der Waals surface area contributed by atoms with Crippen molar-refractivity contribution in [3.63, 3.8) is 0 Å². The van der Waals surface area contributed by atoms with Crippen molar-refractivity contribution < 1.29 is 14.7 Å². The number of carboxylic acids is 1. The molecule has 0 radical (unpaired) electrons. The van der Waals surface area contributed by atoms with Crippen LogP contribution in [0.3, 0.4) is 0 Å². The lowest BCUT2D eigenvalue weighted by Crippen LogP contribution is -2.13. The van der Waals surface area contributed by atoms with Crippen molar-refractivity contribution >= 4 is 39.9 Å². The van der Waals surface area contributed by atoms with Gasteiger partial charge in [-0.2, -0.15) is 0 Å². The van der Waals surface area contributed by atoms with E-state index in [2.05, 4.69) is 15.3 Å². The van der Waals surface area contributed by atoms with Gasteiger partial charge in [-0.15, -0.1) is 11.3 Å². The molecule has 0 bridgehead atoms. The fourth-order valence-corrected chi connectivity index (χ4v) is 2.23. The number of anilines is 1. The summed E-state index contributed by atoms with van der Waals surface area (Å²) in [6.45, 7) is 0. The van der Waals surface area contributed by atoms with Crippen LogP contribution in [0.25, 0.3) is 0 Å². The summed E-state index contributed by atoms with van der Waals surface area (Å²) in [7, 11) is 0. The first-order chi connectivity index (χ1) is 9.06. The third kappa shape index (κ3) is 3.49. The van der Waals surface area contributed by atoms with Gasteiger partial charge in [0.1, 0.15) is 5.15 Å². The highest BCUT2D eigenvalue weighted by Crippen LogP contribution is 2.18. The maximum Gasteiger partial charge on any atom is 0.309 e. The number of rotatable bonds is 4. The predicted octanol–water partition coefficient (Wildman–Crippen LogP) is 2.07. The van der Waals surface area contributed by atoms with E-state index in [1.54, 1.807) is 11.4 Å². The average Bonchev–Trinajstić information content (AvgIpc) is 2.76. The quantitative estimate of drug-likeness (QED) is 0.843. The van der Waals surface area contributed by atoms with Crippen molar-refractivity contribution in [2.24, 2.45) is 0 Å². The van der Waals surface area contributed by atoms with Gasteiger partial charge in [-0.05, 0) is 12.1 Å². The van der Waals surface area contributed by atoms with E-state index in [0.29, 0.717) is 10.8 Å². The molecule has 2 rings (SSSR count). The summed E-state index contributed by atoms with van der Waals surface area (Å²) < 4.78 is 0. The van der Waals surface area contributed by atoms with E-state index in [9.17, 15) is 9.59 Å². The van der Waals surface area contributed by atoms with Gasteiger partial charge in [-0.25, -0.2) is 9.97 Å². The summed E-state index contributed by atoms with van der Waals surface area (Å²) in [5, 5.41) is 13.2. The van der Waals surface area contributed by atoms with Gasteiger partial charge in [0, 0.05) is 11.6 Å². The number of halogens is 1. The van der Waals surface area contributed by atoms with Crippen LogP contribution >= 0.6 is 22.9 Å². The lowest BCUT2D eigenvalue weighted by atomic mass is 10.3. The number of aliphatic carboxylic acids is 1. The molecule has 19 heavy (non-hydrogen) atoms. The topological polar surface area (TPSA) is 92.2 Å². The maximum absolute atomic E-state index is 11.9. The molecular weight excluding hydrogens is 290 g/mol. The van der Waals surface area contributed by atoms with E-state index in [-0.39, 0.29) is 17.1 Å². The van der Waals surface area contributed by atoms with Crippen molar-refractivity contribution in [3.8, 4) is 0 Å². The van der Waals surface area contributed by atoms with Crippen molar-refractivity contribution in [1.82, 2.24) is 9.97 Å². The Labute approximate surface area is 117 Å². The van der Waals surface area contributed by atoms with Crippen LogP contribution in [-0.2, 0) is 11.2 Å². The fraction of sp³-hybridized carbons (Fsp3) is 0.0909. The molecule has 0 fully saturated rings. The summed E-state index contributed by atoms with van der Waals surface area (Å²) in [4.78, 5) is 30.2. The Morgan fingerprint density at radius 3 is 2.95 bits per heavy atom. The first-order valence-corrected chi connectivity index (χ1v) is 6.40. The lowest BCUT2D eigenvalue weighted by molar-refractivity contribution is -0.136. The summed E-state index contributed by atoms with van der Waals surface area (Å²) in [6, 6.07) is 3.13. The minimum absolute atomic E-state index is 0.0994. The number of carbonyl (C=O) groups is 2. The van der Waals surface area contributed by atoms with Crippen LogP contribution in [-0.4, -0.2) is 27.0 Å². The summed E-state index contributed by atoms with van der Waals surface area (Å²) in [5.41, 5.74) is 0.629. The van der Waals surface area contributed by atoms with Crippen molar-refractivity contribution in [2.75, 3.05) is 5.32 Å². The highest BCUT2D eigenvalue weighted by molar-refractivity contribution is 7.14. The minimum Gasteiger partial charge on any atom is -0.481 e. The summed E-state index contributed by atoms with van der Waals surface area (Å²) >= 11 is 6.94. The van der Waals surface area contributed by atoms with Gasteiger partial charge < -0.3 is 5.11 Å². The standard InChI is InChI=1S/C11H8ClN3O3S/c12-9-7(2-1-3-13-9)10(18)15-11-14-6(5-19-11)4-8(16)17/h1-3,5H,4H2,(H,16,17)(H,14,15,18). The summed E-state index contributed by atoms with van der Waals surface area (Å²) in [5.74, 6) is -1.41. The number of carboxylic acid groups (broad SMARTS) is 1. The maximum atomic E-state index is 11.9. The number of nitrogens with one attached hydrogen (secondary N) is 1. The molecule has 0 unspecified atom stereocenters. The van der Waals surface area contributed by atoms with E-state index in [0.717, 1.165) is 11.3 Å². The number of thiazole rings is 1. The van der Waals surface area contributed by atoms with E-state index in [1.165, 1.54) is 12.3 Å². The van der Waals surface area contributed by atoms with E-state index in [4.69, 9.17) is 16.7 Å². The van der Waals surface area contributed by atoms with Crippen LogP contribution in [0.4, 0.5) is 5.13 Å². The molecular formula is C11H8ClN3O3S. The molecule has 0 aliphatic heterocycles. The van der Waals surface area contributed by atoms with Crippen molar-refractivity contribution in [3.05, 3.63) is 40.1 Å². The van der Waals surface area contributed by atoms with E-state index in [1.807, 2.05) is 0 Å². The number of hydrogen-bond donors (Lipinski definition) is 2. The molecule has 98 valence electrons. The van der Waals surface area contributed by atoms with Crippen LogP contribution in [0.5, 0.6) is 0 Å². The molecule has 0 saturated carbocycles. The highest BCUT2D eigenvalue weighted by atomic mass is 35.5. The molecule has 0 atom stereocenters. The first-order valence-electron chi connectivity index (χ1n) is 5.14. The Kier molecular flexibility index (Phi) is 4.08. The zero-order valence-electron chi connectivity index (χ0n) is 9.46. The Morgan fingerprint density at radius 1 is 1.47 bits per heavy atom. The molecule has 0 aliphatic rings. The average molecular weight is 298 g/mol. The Morgan fingerprint density at radius 2 is 2.26 bits per heavy atom. The molecule has 2 aromatic rings. The molecule has 0 aromatic carbocycles. The molecule has 0 saturated heterocycles. The van der Waals surface area contributed by atoms with Crippen LogP contribution in [0.15, 0.2) is 23.7 Å². The molecule has 2 heterocycles. The van der Waals surface area contributed by atoms with Gasteiger partial charge in [0.15, 0.2) is 5.13 Å². The predicted molar refractivity (Wildman–Crippen MR) is 70.7 cm³/mol. The second-order valence-corrected chi connectivity index (χ2v) is 4.73. The smallest absolute Gasteiger partial charge is 0.309 e. The van der Waals surface area contributed by atoms with E-state index < -0.39 is 11.9 Å². The normalized spacial score (nSPS) is 10.2. The Hall–Kier alpha value is -1.99. The second-order valence-electron chi connectivity index (χ2n) is 3.51. The summed E-state index contributed by atoms with van der Waals surface area (Å²) in [6.07, 6.45) is 1.30. The number of pyridine rings is 1. The van der Waals surface area contributed by atoms with Crippen molar-refractivity contribution in [1.29, 1.82) is 0 Å². The van der Waals surface area contributed by atoms with Crippen LogP contribution in [0.2, 0.25) is 5.15 Å². The third-order valence-electron chi connectivity index (χ3n) is 2.11. The molecule has 2 N–H and O–H groups in total. The molecule has 2 aromatic heterocycles.